The Bertz CT molecular complexity index is 2240. The summed E-state index contributed by atoms with van der Waals surface area (Å²) in [5.74, 6) is -5.42. The molecule has 3 aliphatic carbocycles. The Kier molecular flexibility index (Phi) is 7.94. The monoisotopic (exact) mass is 690 g/mol. The topological polar surface area (TPSA) is 135 Å². The number of amides is 2. The Labute approximate surface area is 299 Å². The largest absolute Gasteiger partial charge is 0.507 e. The molecule has 1 heterocycles. The minimum Gasteiger partial charge on any atom is -0.507 e. The summed E-state index contributed by atoms with van der Waals surface area (Å²) < 4.78 is 0. The molecule has 6 atom stereocenters. The number of Topliss-reactive ketones (excluding diaryl/α,β-unsaturated/α-hetero) is 1. The predicted molar refractivity (Wildman–Crippen MR) is 194 cm³/mol. The Morgan fingerprint density at radius 1 is 0.865 bits per heavy atom. The molecule has 0 bridgehead atoms. The van der Waals surface area contributed by atoms with Gasteiger partial charge in [0.1, 0.15) is 5.75 Å². The van der Waals surface area contributed by atoms with Crippen molar-refractivity contribution in [3.05, 3.63) is 166 Å². The number of allylic oxidation sites excluding steroid dienone is 5. The maximum absolute atomic E-state index is 15.2. The molecule has 0 aromatic heterocycles. The minimum atomic E-state index is -1.47. The lowest BCUT2D eigenvalue weighted by atomic mass is 9.44. The number of phenols is 1. The van der Waals surface area contributed by atoms with Crippen molar-refractivity contribution in [2.24, 2.45) is 23.7 Å². The van der Waals surface area contributed by atoms with E-state index in [-0.39, 0.29) is 47.1 Å². The molecule has 1 aliphatic heterocycles. The summed E-state index contributed by atoms with van der Waals surface area (Å²) in [5.41, 5.74) is 1.91. The Morgan fingerprint density at radius 3 is 2.23 bits per heavy atom. The van der Waals surface area contributed by atoms with Gasteiger partial charge in [-0.2, -0.15) is 0 Å². The van der Waals surface area contributed by atoms with Crippen molar-refractivity contribution in [2.45, 2.75) is 30.6 Å². The molecule has 9 nitrogen and oxygen atoms in total. The molecular formula is C43H34N2O7. The van der Waals surface area contributed by atoms with E-state index >= 15 is 9.59 Å². The summed E-state index contributed by atoms with van der Waals surface area (Å²) in [6, 6.07) is 28.9. The van der Waals surface area contributed by atoms with E-state index in [0.717, 1.165) is 10.5 Å². The van der Waals surface area contributed by atoms with Crippen molar-refractivity contribution in [2.75, 3.05) is 4.90 Å². The van der Waals surface area contributed by atoms with E-state index in [1.807, 2.05) is 60.7 Å². The zero-order valence-corrected chi connectivity index (χ0v) is 28.1. The first-order valence-corrected chi connectivity index (χ1v) is 17.3. The fraction of sp³-hybridized carbons (Fsp3) is 0.209. The van der Waals surface area contributed by atoms with E-state index in [4.69, 9.17) is 0 Å². The van der Waals surface area contributed by atoms with Crippen LogP contribution in [0.4, 0.5) is 11.4 Å². The van der Waals surface area contributed by atoms with Crippen molar-refractivity contribution in [1.29, 1.82) is 0 Å². The van der Waals surface area contributed by atoms with Crippen LogP contribution in [0, 0.1) is 33.8 Å². The first-order valence-electron chi connectivity index (χ1n) is 17.3. The number of non-ortho nitro benzene ring substituents is 1. The van der Waals surface area contributed by atoms with Crippen LogP contribution < -0.4 is 4.90 Å². The molecule has 1 saturated heterocycles. The standard InChI is InChI=1S/C43H34N2O7/c1-2-10-26-13-9-16-32(39(26)47)38-30-21-22-31-37(42(50)44(41(31)49)28-17-19-29(20-18-28)45(51)52)34(30)23-35-40(48)33(25-11-5-3-6-12-25)24-36(46)43(35,38)27-14-7-4-8-15-27/h2-9,11-21,24,31,34-35,37-38,47H,1,10,22-23H2/t31-,34+,35-,37-,38+,43-/m0/s1. The lowest BCUT2D eigenvalue weighted by Crippen LogP contribution is -2.58. The quantitative estimate of drug-likeness (QED) is 0.0950. The van der Waals surface area contributed by atoms with Crippen LogP contribution in [0.15, 0.2) is 134 Å². The number of anilines is 1. The Morgan fingerprint density at radius 2 is 1.56 bits per heavy atom. The smallest absolute Gasteiger partial charge is 0.269 e. The molecule has 4 aromatic carbocycles. The number of carbonyl (C=O) groups excluding carboxylic acids is 4. The first-order chi connectivity index (χ1) is 25.2. The highest BCUT2D eigenvalue weighted by Gasteiger charge is 2.66. The van der Waals surface area contributed by atoms with E-state index in [1.165, 1.54) is 30.3 Å². The van der Waals surface area contributed by atoms with Crippen molar-refractivity contribution in [3.8, 4) is 5.75 Å². The summed E-state index contributed by atoms with van der Waals surface area (Å²) in [6.45, 7) is 3.85. The highest BCUT2D eigenvalue weighted by atomic mass is 16.6. The van der Waals surface area contributed by atoms with Crippen LogP contribution in [0.5, 0.6) is 5.75 Å². The first kappa shape index (κ1) is 33.0. The zero-order valence-electron chi connectivity index (χ0n) is 28.1. The number of ketones is 2. The summed E-state index contributed by atoms with van der Waals surface area (Å²) in [7, 11) is 0. The number of imide groups is 1. The van der Waals surface area contributed by atoms with Crippen molar-refractivity contribution in [3.63, 3.8) is 0 Å². The molecule has 258 valence electrons. The van der Waals surface area contributed by atoms with E-state index in [9.17, 15) is 24.8 Å². The second-order valence-electron chi connectivity index (χ2n) is 13.9. The van der Waals surface area contributed by atoms with Crippen LogP contribution >= 0.6 is 0 Å². The molecular weight excluding hydrogens is 656 g/mol. The lowest BCUT2D eigenvalue weighted by molar-refractivity contribution is -0.384. The third-order valence-corrected chi connectivity index (χ3v) is 11.5. The minimum absolute atomic E-state index is 0.00968. The van der Waals surface area contributed by atoms with Crippen LogP contribution in [0.25, 0.3) is 5.57 Å². The second kappa shape index (κ2) is 12.5. The molecule has 1 saturated carbocycles. The van der Waals surface area contributed by atoms with E-state index in [1.54, 1.807) is 30.3 Å². The average molecular weight is 691 g/mol. The summed E-state index contributed by atoms with van der Waals surface area (Å²) in [6.07, 6.45) is 5.76. The number of nitro benzene ring substituents is 1. The SMILES string of the molecule is C=CCc1cccc([C@H]2C3=CC[C@@H]4C(=O)N(c5ccc([N+](=O)[O-])cc5)C(=O)[C@@H]4[C@@H]3C[C@H]3C(=O)C(c4ccccc4)=CC(=O)[C@@]23c2ccccc2)c1O. The van der Waals surface area contributed by atoms with Gasteiger partial charge in [0.2, 0.25) is 11.8 Å². The molecule has 2 fully saturated rings. The van der Waals surface area contributed by atoms with Gasteiger partial charge in [0.15, 0.2) is 11.6 Å². The number of nitro groups is 1. The number of fused-ring (bicyclic) bond motifs is 4. The highest BCUT2D eigenvalue weighted by Crippen LogP contribution is 2.64. The maximum Gasteiger partial charge on any atom is 0.269 e. The van der Waals surface area contributed by atoms with Gasteiger partial charge in [-0.1, -0.05) is 96.6 Å². The van der Waals surface area contributed by atoms with Crippen LogP contribution in [0.2, 0.25) is 0 Å². The molecule has 8 rings (SSSR count). The van der Waals surface area contributed by atoms with Crippen LogP contribution in [0.3, 0.4) is 0 Å². The summed E-state index contributed by atoms with van der Waals surface area (Å²) >= 11 is 0. The number of hydrogen-bond donors (Lipinski definition) is 1. The van der Waals surface area contributed by atoms with Gasteiger partial charge in [-0.25, -0.2) is 0 Å². The van der Waals surface area contributed by atoms with Gasteiger partial charge in [-0.3, -0.25) is 34.2 Å². The third-order valence-electron chi connectivity index (χ3n) is 11.5. The molecule has 4 aliphatic rings. The molecule has 0 unspecified atom stereocenters. The lowest BCUT2D eigenvalue weighted by Gasteiger charge is -2.55. The van der Waals surface area contributed by atoms with Crippen LogP contribution in [-0.2, 0) is 31.0 Å². The maximum atomic E-state index is 15.2. The van der Waals surface area contributed by atoms with Gasteiger partial charge in [0.25, 0.3) is 5.69 Å². The zero-order chi connectivity index (χ0) is 36.3. The number of phenolic OH excluding ortho intramolecular Hbond substituents is 1. The van der Waals surface area contributed by atoms with Gasteiger partial charge >= 0.3 is 0 Å². The number of hydrogen-bond acceptors (Lipinski definition) is 7. The number of rotatable bonds is 7. The number of aromatic hydroxyl groups is 1. The number of nitrogens with zero attached hydrogens (tertiary/aromatic N) is 2. The van der Waals surface area contributed by atoms with Crippen molar-refractivity contribution < 1.29 is 29.2 Å². The highest BCUT2D eigenvalue weighted by molar-refractivity contribution is 6.32. The Hall–Kier alpha value is -6.22. The van der Waals surface area contributed by atoms with E-state index < -0.39 is 51.7 Å². The van der Waals surface area contributed by atoms with Crippen LogP contribution in [-0.4, -0.2) is 33.4 Å². The number of para-hydroxylation sites is 1. The molecule has 2 amide bonds. The summed E-state index contributed by atoms with van der Waals surface area (Å²) in [5, 5.41) is 23.3. The molecule has 9 heteroatoms. The molecule has 0 spiro atoms. The van der Waals surface area contributed by atoms with E-state index in [0.29, 0.717) is 28.7 Å². The van der Waals surface area contributed by atoms with Gasteiger partial charge in [0, 0.05) is 35.1 Å². The van der Waals surface area contributed by atoms with Gasteiger partial charge < -0.3 is 5.11 Å². The number of carbonyl (C=O) groups is 4. The normalized spacial score (nSPS) is 26.5. The third kappa shape index (κ3) is 4.76. The van der Waals surface area contributed by atoms with E-state index in [2.05, 4.69) is 6.58 Å². The number of benzene rings is 4. The molecule has 0 radical (unpaired) electrons. The van der Waals surface area contributed by atoms with Crippen LogP contribution in [0.1, 0.15) is 41.0 Å². The predicted octanol–water partition coefficient (Wildman–Crippen LogP) is 7.06. The average Bonchev–Trinajstić information content (AvgIpc) is 3.42. The Balaban J connectivity index is 1.35. The molecule has 4 aromatic rings. The van der Waals surface area contributed by atoms with Crippen molar-refractivity contribution >= 4 is 40.3 Å². The van der Waals surface area contributed by atoms with Crippen molar-refractivity contribution in [1.82, 2.24) is 0 Å². The summed E-state index contributed by atoms with van der Waals surface area (Å²) in [4.78, 5) is 70.7. The van der Waals surface area contributed by atoms with Gasteiger partial charge in [-0.05, 0) is 60.1 Å². The fourth-order valence-electron chi connectivity index (χ4n) is 9.36. The van der Waals surface area contributed by atoms with Gasteiger partial charge in [-0.15, -0.1) is 6.58 Å². The fourth-order valence-corrected chi connectivity index (χ4v) is 9.36. The molecule has 1 N–H and O–H groups in total. The molecule has 52 heavy (non-hydrogen) atoms. The van der Waals surface area contributed by atoms with Gasteiger partial charge in [0.05, 0.1) is 27.9 Å². The second-order valence-corrected chi connectivity index (χ2v) is 13.9.